The van der Waals surface area contributed by atoms with Crippen LogP contribution in [0.4, 0.5) is 0 Å². The number of nitrogens with one attached hydrogen (secondary N) is 1. The maximum absolute atomic E-state index is 11.9. The maximum atomic E-state index is 11.9. The second-order valence-electron chi connectivity index (χ2n) is 6.89. The van der Waals surface area contributed by atoms with E-state index in [1.54, 1.807) is 24.4 Å². The van der Waals surface area contributed by atoms with Crippen LogP contribution in [-0.2, 0) is 27.9 Å². The standard InChI is InChI=1S/C22H27N3O4S/c26-21(18-30(27)17-20-7-6-14-28-20)23-9-2-5-13-29-22-15-19(8-10-24-22)16-25-11-3-1-4-12-25/h1-3,5-8,10,14-15H,4,9,11-13,16-18H2,(H,23,26)/b5-2-. The highest BCUT2D eigenvalue weighted by Gasteiger charge is 2.09. The van der Waals surface area contributed by atoms with Crippen LogP contribution in [0.1, 0.15) is 17.7 Å². The normalized spacial score (nSPS) is 15.3. The molecule has 0 spiro atoms. The first kappa shape index (κ1) is 22.0. The smallest absolute Gasteiger partial charge is 0.232 e. The number of ether oxygens (including phenoxy) is 1. The Labute approximate surface area is 179 Å². The lowest BCUT2D eigenvalue weighted by molar-refractivity contribution is -0.118. The lowest BCUT2D eigenvalue weighted by atomic mass is 10.2. The summed E-state index contributed by atoms with van der Waals surface area (Å²) in [6.45, 7) is 3.65. The van der Waals surface area contributed by atoms with Crippen LogP contribution in [0.3, 0.4) is 0 Å². The van der Waals surface area contributed by atoms with Crippen molar-refractivity contribution >= 4 is 16.7 Å². The van der Waals surface area contributed by atoms with E-state index >= 15 is 0 Å². The number of aromatic nitrogens is 1. The summed E-state index contributed by atoms with van der Waals surface area (Å²) >= 11 is 0. The molecule has 30 heavy (non-hydrogen) atoms. The average Bonchev–Trinajstić information content (AvgIpc) is 3.24. The fraction of sp³-hybridized carbons (Fsp3) is 0.364. The van der Waals surface area contributed by atoms with Crippen molar-refractivity contribution in [1.82, 2.24) is 15.2 Å². The third-order valence-corrected chi connectivity index (χ3v) is 5.62. The van der Waals surface area contributed by atoms with Crippen molar-refractivity contribution in [2.45, 2.75) is 18.7 Å². The molecule has 8 heteroatoms. The molecule has 1 atom stereocenters. The predicted octanol–water partition coefficient (Wildman–Crippen LogP) is 2.44. The molecule has 1 aliphatic rings. The summed E-state index contributed by atoms with van der Waals surface area (Å²) in [4.78, 5) is 18.4. The van der Waals surface area contributed by atoms with Gasteiger partial charge < -0.3 is 14.5 Å². The zero-order valence-corrected chi connectivity index (χ0v) is 17.7. The van der Waals surface area contributed by atoms with Gasteiger partial charge in [0, 0.05) is 49.2 Å². The summed E-state index contributed by atoms with van der Waals surface area (Å²) in [7, 11) is -1.29. The second kappa shape index (κ2) is 12.1. The van der Waals surface area contributed by atoms with Gasteiger partial charge in [-0.25, -0.2) is 4.98 Å². The number of carbonyl (C=O) groups excluding carboxylic acids is 1. The molecule has 3 rings (SSSR count). The molecule has 1 aliphatic heterocycles. The molecule has 0 radical (unpaired) electrons. The van der Waals surface area contributed by atoms with Gasteiger partial charge >= 0.3 is 0 Å². The molecule has 0 saturated heterocycles. The van der Waals surface area contributed by atoms with E-state index in [2.05, 4.69) is 27.4 Å². The summed E-state index contributed by atoms with van der Waals surface area (Å²) < 4.78 is 22.7. The fourth-order valence-electron chi connectivity index (χ4n) is 2.98. The Hall–Kier alpha value is -2.71. The fourth-order valence-corrected chi connectivity index (χ4v) is 3.96. The molecule has 1 amide bonds. The predicted molar refractivity (Wildman–Crippen MR) is 116 cm³/mol. The minimum atomic E-state index is -1.29. The van der Waals surface area contributed by atoms with Crippen LogP contribution in [-0.4, -0.2) is 52.0 Å². The Bertz CT molecular complexity index is 880. The zero-order valence-electron chi connectivity index (χ0n) is 16.9. The molecule has 0 aliphatic carbocycles. The Kier molecular flexibility index (Phi) is 8.86. The van der Waals surface area contributed by atoms with Gasteiger partial charge in [-0.3, -0.25) is 13.9 Å². The van der Waals surface area contributed by atoms with Crippen LogP contribution in [0.2, 0.25) is 0 Å². The molecule has 0 bridgehead atoms. The SMILES string of the molecule is O=C(CS(=O)Cc1ccco1)NC/C=C\COc1cc(CN2CC=CCC2)ccn1. The van der Waals surface area contributed by atoms with Gasteiger partial charge in [-0.2, -0.15) is 0 Å². The molecule has 1 unspecified atom stereocenters. The topological polar surface area (TPSA) is 84.7 Å². The zero-order chi connectivity index (χ0) is 21.0. The number of nitrogens with zero attached hydrogens (tertiary/aromatic N) is 2. The van der Waals surface area contributed by atoms with Gasteiger partial charge in [0.1, 0.15) is 18.1 Å². The van der Waals surface area contributed by atoms with Gasteiger partial charge in [0.25, 0.3) is 0 Å². The van der Waals surface area contributed by atoms with Gasteiger partial charge in [0.2, 0.25) is 11.8 Å². The molecule has 160 valence electrons. The van der Waals surface area contributed by atoms with Crippen LogP contribution in [0.5, 0.6) is 5.88 Å². The van der Waals surface area contributed by atoms with Crippen molar-refractivity contribution in [3.05, 3.63) is 72.4 Å². The van der Waals surface area contributed by atoms with Crippen molar-refractivity contribution in [3.8, 4) is 5.88 Å². The number of hydrogen-bond acceptors (Lipinski definition) is 6. The molecule has 0 aromatic carbocycles. The Morgan fingerprint density at radius 2 is 2.27 bits per heavy atom. The quantitative estimate of drug-likeness (QED) is 0.553. The van der Waals surface area contributed by atoms with Crippen molar-refractivity contribution in [2.75, 3.05) is 32.0 Å². The highest BCUT2D eigenvalue weighted by Crippen LogP contribution is 2.13. The lowest BCUT2D eigenvalue weighted by Crippen LogP contribution is -2.28. The molecule has 0 fully saturated rings. The summed E-state index contributed by atoms with van der Waals surface area (Å²) in [5.74, 6) is 1.14. The van der Waals surface area contributed by atoms with E-state index in [-0.39, 0.29) is 17.4 Å². The van der Waals surface area contributed by atoms with Gasteiger partial charge in [-0.15, -0.1) is 0 Å². The molecule has 1 N–H and O–H groups in total. The monoisotopic (exact) mass is 429 g/mol. The van der Waals surface area contributed by atoms with E-state index in [1.165, 1.54) is 11.8 Å². The lowest BCUT2D eigenvalue weighted by Gasteiger charge is -2.22. The third-order valence-electron chi connectivity index (χ3n) is 4.43. The van der Waals surface area contributed by atoms with E-state index < -0.39 is 10.8 Å². The van der Waals surface area contributed by atoms with Crippen molar-refractivity contribution in [3.63, 3.8) is 0 Å². The first-order chi connectivity index (χ1) is 14.7. The van der Waals surface area contributed by atoms with Gasteiger partial charge in [0.05, 0.1) is 12.0 Å². The number of rotatable bonds is 11. The molecular formula is C22H27N3O4S. The molecule has 2 aromatic heterocycles. The van der Waals surface area contributed by atoms with Crippen molar-refractivity contribution < 1.29 is 18.2 Å². The van der Waals surface area contributed by atoms with E-state index in [4.69, 9.17) is 9.15 Å². The Morgan fingerprint density at radius 1 is 1.33 bits per heavy atom. The van der Waals surface area contributed by atoms with Crippen molar-refractivity contribution in [2.24, 2.45) is 0 Å². The number of amides is 1. The number of carbonyl (C=O) groups is 1. The maximum Gasteiger partial charge on any atom is 0.232 e. The number of furan rings is 1. The number of pyridine rings is 1. The van der Waals surface area contributed by atoms with E-state index in [1.807, 2.05) is 18.2 Å². The third kappa shape index (κ3) is 7.96. The van der Waals surface area contributed by atoms with E-state index in [0.717, 1.165) is 26.1 Å². The van der Waals surface area contributed by atoms with Crippen LogP contribution in [0.15, 0.2) is 65.4 Å². The van der Waals surface area contributed by atoms with Gasteiger partial charge in [0.15, 0.2) is 0 Å². The largest absolute Gasteiger partial charge is 0.473 e. The molecule has 2 aromatic rings. The molecular weight excluding hydrogens is 402 g/mol. The van der Waals surface area contributed by atoms with Gasteiger partial charge in [-0.05, 0) is 36.3 Å². The van der Waals surface area contributed by atoms with Gasteiger partial charge in [-0.1, -0.05) is 18.2 Å². The van der Waals surface area contributed by atoms with Crippen LogP contribution in [0.25, 0.3) is 0 Å². The van der Waals surface area contributed by atoms with Crippen molar-refractivity contribution in [1.29, 1.82) is 0 Å². The highest BCUT2D eigenvalue weighted by atomic mass is 32.2. The first-order valence-corrected chi connectivity index (χ1v) is 11.4. The molecule has 0 saturated carbocycles. The first-order valence-electron chi connectivity index (χ1n) is 9.93. The minimum absolute atomic E-state index is 0.0471. The van der Waals surface area contributed by atoms with E-state index in [0.29, 0.717) is 24.8 Å². The summed E-state index contributed by atoms with van der Waals surface area (Å²) in [5.41, 5.74) is 1.18. The highest BCUT2D eigenvalue weighted by molar-refractivity contribution is 7.84. The van der Waals surface area contributed by atoms with Crippen LogP contribution < -0.4 is 10.1 Å². The summed E-state index contributed by atoms with van der Waals surface area (Å²) in [6, 6.07) is 7.44. The Morgan fingerprint density at radius 3 is 3.07 bits per heavy atom. The molecule has 7 nitrogen and oxygen atoms in total. The molecule has 3 heterocycles. The van der Waals surface area contributed by atoms with Crippen LogP contribution in [0, 0.1) is 0 Å². The summed E-state index contributed by atoms with van der Waals surface area (Å²) in [6.07, 6.45) is 12.4. The number of hydrogen-bond donors (Lipinski definition) is 1. The minimum Gasteiger partial charge on any atom is -0.473 e. The second-order valence-corrected chi connectivity index (χ2v) is 8.35. The van der Waals surface area contributed by atoms with E-state index in [9.17, 15) is 9.00 Å². The summed E-state index contributed by atoms with van der Waals surface area (Å²) in [5, 5.41) is 2.71. The van der Waals surface area contributed by atoms with Crippen LogP contribution >= 0.6 is 0 Å². The Balaban J connectivity index is 1.31. The average molecular weight is 430 g/mol.